The summed E-state index contributed by atoms with van der Waals surface area (Å²) in [6.07, 6.45) is 0.603. The minimum atomic E-state index is -0.523. The Morgan fingerprint density at radius 1 is 1.56 bits per heavy atom. The van der Waals surface area contributed by atoms with Gasteiger partial charge in [0.1, 0.15) is 4.88 Å². The van der Waals surface area contributed by atoms with E-state index in [0.29, 0.717) is 17.2 Å². The van der Waals surface area contributed by atoms with Gasteiger partial charge in [0, 0.05) is 15.6 Å². The molecule has 1 aromatic heterocycles. The van der Waals surface area contributed by atoms with E-state index in [2.05, 4.69) is 0 Å². The molecule has 0 amide bonds. The number of thiophene rings is 1. The van der Waals surface area contributed by atoms with Crippen LogP contribution in [0.15, 0.2) is 18.2 Å². The zero-order chi connectivity index (χ0) is 13.1. The Morgan fingerprint density at radius 2 is 2.33 bits per heavy atom. The molecule has 2 rings (SSSR count). The van der Waals surface area contributed by atoms with Gasteiger partial charge in [-0.15, -0.1) is 11.3 Å². The smallest absolute Gasteiger partial charge is 0.349 e. The van der Waals surface area contributed by atoms with E-state index in [1.165, 1.54) is 11.3 Å². The average Bonchev–Trinajstić information content (AvgIpc) is 2.77. The van der Waals surface area contributed by atoms with Crippen molar-refractivity contribution in [3.8, 4) is 6.07 Å². The van der Waals surface area contributed by atoms with Crippen molar-refractivity contribution in [2.75, 3.05) is 6.61 Å². The summed E-state index contributed by atoms with van der Waals surface area (Å²) in [5, 5.41) is 9.56. The fourth-order valence-corrected chi connectivity index (χ4v) is 2.82. The number of esters is 1. The van der Waals surface area contributed by atoms with E-state index in [0.717, 1.165) is 4.70 Å². The Balaban J connectivity index is 2.74. The molecule has 4 nitrogen and oxygen atoms in total. The van der Waals surface area contributed by atoms with Crippen molar-refractivity contribution in [2.45, 2.75) is 6.92 Å². The van der Waals surface area contributed by atoms with E-state index in [9.17, 15) is 9.59 Å². The van der Waals surface area contributed by atoms with E-state index in [1.807, 2.05) is 6.07 Å². The number of rotatable bonds is 3. The zero-order valence-corrected chi connectivity index (χ0v) is 10.4. The predicted molar refractivity (Wildman–Crippen MR) is 67.9 cm³/mol. The molecule has 18 heavy (non-hydrogen) atoms. The molecule has 90 valence electrons. The van der Waals surface area contributed by atoms with Crippen molar-refractivity contribution in [1.29, 1.82) is 5.26 Å². The molecule has 0 aliphatic rings. The average molecular weight is 259 g/mol. The molecule has 0 N–H and O–H groups in total. The molecule has 0 aliphatic heterocycles. The molecule has 0 spiro atoms. The molecule has 0 atom stereocenters. The summed E-state index contributed by atoms with van der Waals surface area (Å²) in [5.74, 6) is -0.523. The first-order valence-electron chi connectivity index (χ1n) is 5.30. The molecule has 0 saturated heterocycles. The van der Waals surface area contributed by atoms with E-state index in [-0.39, 0.29) is 17.0 Å². The number of fused-ring (bicyclic) bond motifs is 1. The highest BCUT2D eigenvalue weighted by atomic mass is 32.1. The topological polar surface area (TPSA) is 67.2 Å². The van der Waals surface area contributed by atoms with Gasteiger partial charge in [0.05, 0.1) is 18.2 Å². The number of benzene rings is 1. The molecule has 0 unspecified atom stereocenters. The van der Waals surface area contributed by atoms with Crippen LogP contribution in [0.25, 0.3) is 10.1 Å². The molecule has 1 heterocycles. The maximum Gasteiger partial charge on any atom is 0.349 e. The van der Waals surface area contributed by atoms with Crippen LogP contribution in [-0.4, -0.2) is 18.9 Å². The second-order valence-electron chi connectivity index (χ2n) is 3.47. The SMILES string of the molecule is CCOC(=O)c1sc2cccc(C#N)c2c1C=O. The molecule has 1 aromatic carbocycles. The minimum absolute atomic E-state index is 0.241. The third kappa shape index (κ3) is 1.87. The van der Waals surface area contributed by atoms with E-state index in [1.54, 1.807) is 25.1 Å². The number of nitriles is 1. The Kier molecular flexibility index (Phi) is 3.40. The van der Waals surface area contributed by atoms with Gasteiger partial charge in [0.25, 0.3) is 0 Å². The lowest BCUT2D eigenvalue weighted by atomic mass is 10.1. The zero-order valence-electron chi connectivity index (χ0n) is 9.60. The fourth-order valence-electron chi connectivity index (χ4n) is 1.73. The maximum absolute atomic E-state index is 11.7. The first kappa shape index (κ1) is 12.3. The molecular weight excluding hydrogens is 250 g/mol. The number of carbonyl (C=O) groups is 2. The quantitative estimate of drug-likeness (QED) is 0.628. The second-order valence-corrected chi connectivity index (χ2v) is 4.53. The van der Waals surface area contributed by atoms with Gasteiger partial charge in [0.2, 0.25) is 0 Å². The van der Waals surface area contributed by atoms with Gasteiger partial charge < -0.3 is 4.74 Å². The molecule has 0 saturated carbocycles. The van der Waals surface area contributed by atoms with E-state index in [4.69, 9.17) is 10.00 Å². The van der Waals surface area contributed by atoms with Crippen molar-refractivity contribution < 1.29 is 14.3 Å². The standard InChI is InChI=1S/C13H9NO3S/c1-2-17-13(16)12-9(7-15)11-8(6-14)4-3-5-10(11)18-12/h3-5,7H,2H2,1H3. The van der Waals surface area contributed by atoms with Gasteiger partial charge in [-0.1, -0.05) is 6.07 Å². The molecular formula is C13H9NO3S. The van der Waals surface area contributed by atoms with Crippen LogP contribution in [0, 0.1) is 11.3 Å². The first-order chi connectivity index (χ1) is 8.72. The van der Waals surface area contributed by atoms with Crippen molar-refractivity contribution in [1.82, 2.24) is 0 Å². The number of ether oxygens (including phenoxy) is 1. The molecule has 0 aliphatic carbocycles. The summed E-state index contributed by atoms with van der Waals surface area (Å²) >= 11 is 1.17. The van der Waals surface area contributed by atoms with Crippen LogP contribution < -0.4 is 0 Å². The van der Waals surface area contributed by atoms with Gasteiger partial charge in [0.15, 0.2) is 6.29 Å². The van der Waals surface area contributed by atoms with Crippen LogP contribution in [0.5, 0.6) is 0 Å². The third-order valence-electron chi connectivity index (χ3n) is 2.45. The third-order valence-corrected chi connectivity index (χ3v) is 3.60. The molecule has 0 bridgehead atoms. The summed E-state index contributed by atoms with van der Waals surface area (Å²) < 4.78 is 5.64. The van der Waals surface area contributed by atoms with Crippen LogP contribution >= 0.6 is 11.3 Å². The van der Waals surface area contributed by atoms with Crippen LogP contribution in [0.2, 0.25) is 0 Å². The van der Waals surface area contributed by atoms with Crippen molar-refractivity contribution in [3.63, 3.8) is 0 Å². The van der Waals surface area contributed by atoms with Gasteiger partial charge in [-0.05, 0) is 19.1 Å². The maximum atomic E-state index is 11.7. The summed E-state index contributed by atoms with van der Waals surface area (Å²) in [6.45, 7) is 1.95. The van der Waals surface area contributed by atoms with Crippen molar-refractivity contribution in [2.24, 2.45) is 0 Å². The highest BCUT2D eigenvalue weighted by molar-refractivity contribution is 7.21. The van der Waals surface area contributed by atoms with Crippen LogP contribution in [0.3, 0.4) is 0 Å². The number of aldehydes is 1. The summed E-state index contributed by atoms with van der Waals surface area (Å²) in [4.78, 5) is 23.2. The van der Waals surface area contributed by atoms with Gasteiger partial charge in [-0.25, -0.2) is 4.79 Å². The Labute approximate surface area is 107 Å². The second kappa shape index (κ2) is 4.98. The molecule has 2 aromatic rings. The minimum Gasteiger partial charge on any atom is -0.462 e. The van der Waals surface area contributed by atoms with Crippen LogP contribution in [0.1, 0.15) is 32.5 Å². The van der Waals surface area contributed by atoms with Crippen LogP contribution in [-0.2, 0) is 4.74 Å². The first-order valence-corrected chi connectivity index (χ1v) is 6.12. The summed E-state index contributed by atoms with van der Waals surface area (Å²) in [7, 11) is 0. The Bertz CT molecular complexity index is 667. The lowest BCUT2D eigenvalue weighted by Crippen LogP contribution is -2.04. The highest BCUT2D eigenvalue weighted by Gasteiger charge is 2.20. The van der Waals surface area contributed by atoms with Crippen molar-refractivity contribution in [3.05, 3.63) is 34.2 Å². The number of hydrogen-bond acceptors (Lipinski definition) is 5. The lowest BCUT2D eigenvalue weighted by molar-refractivity contribution is 0.0530. The highest BCUT2D eigenvalue weighted by Crippen LogP contribution is 2.33. The fraction of sp³-hybridized carbons (Fsp3) is 0.154. The lowest BCUT2D eigenvalue weighted by Gasteiger charge is -1.99. The van der Waals surface area contributed by atoms with E-state index >= 15 is 0 Å². The molecule has 0 radical (unpaired) electrons. The molecule has 5 heteroatoms. The Morgan fingerprint density at radius 3 is 2.94 bits per heavy atom. The summed E-state index contributed by atoms with van der Waals surface area (Å²) in [6, 6.07) is 7.14. The van der Waals surface area contributed by atoms with Gasteiger partial charge >= 0.3 is 5.97 Å². The molecule has 0 fully saturated rings. The normalized spacial score (nSPS) is 10.0. The largest absolute Gasteiger partial charge is 0.462 e. The van der Waals surface area contributed by atoms with Gasteiger partial charge in [-0.2, -0.15) is 5.26 Å². The summed E-state index contributed by atoms with van der Waals surface area (Å²) in [5.41, 5.74) is 0.631. The number of carbonyl (C=O) groups excluding carboxylic acids is 2. The van der Waals surface area contributed by atoms with E-state index < -0.39 is 5.97 Å². The number of hydrogen-bond donors (Lipinski definition) is 0. The monoisotopic (exact) mass is 259 g/mol. The van der Waals surface area contributed by atoms with Crippen molar-refractivity contribution >= 4 is 33.7 Å². The van der Waals surface area contributed by atoms with Gasteiger partial charge in [-0.3, -0.25) is 4.79 Å². The Hall–Kier alpha value is -2.19. The predicted octanol–water partition coefficient (Wildman–Crippen LogP) is 2.76. The number of nitrogens with zero attached hydrogens (tertiary/aromatic N) is 1. The van der Waals surface area contributed by atoms with Crippen LogP contribution in [0.4, 0.5) is 0 Å².